The maximum atomic E-state index is 11.9. The largest absolute Gasteiger partial charge is 0.214 e. The summed E-state index contributed by atoms with van der Waals surface area (Å²) in [6, 6.07) is 1.95. The Bertz CT molecular complexity index is 439. The molecule has 1 aromatic rings. The second-order valence-corrected chi connectivity index (χ2v) is 8.19. The van der Waals surface area contributed by atoms with E-state index in [9.17, 15) is 8.42 Å². The predicted octanol–water partition coefficient (Wildman–Crippen LogP) is 2.93. The average Bonchev–Trinajstić information content (AvgIpc) is 2.48. The van der Waals surface area contributed by atoms with Crippen molar-refractivity contribution in [1.82, 2.24) is 4.31 Å². The molecule has 1 rings (SSSR count). The van der Waals surface area contributed by atoms with Crippen LogP contribution in [-0.2, 0) is 16.6 Å². The van der Waals surface area contributed by atoms with Gasteiger partial charge >= 0.3 is 0 Å². The van der Waals surface area contributed by atoms with E-state index in [0.29, 0.717) is 6.54 Å². The molecule has 0 aliphatic heterocycles. The first-order valence-electron chi connectivity index (χ1n) is 4.98. The van der Waals surface area contributed by atoms with Crippen LogP contribution in [0.3, 0.4) is 0 Å². The summed E-state index contributed by atoms with van der Waals surface area (Å²) in [5.74, 6) is 0.360. The van der Waals surface area contributed by atoms with E-state index in [-0.39, 0.29) is 11.7 Å². The van der Waals surface area contributed by atoms with Gasteiger partial charge in [-0.05, 0) is 27.9 Å². The van der Waals surface area contributed by atoms with Gasteiger partial charge in [-0.3, -0.25) is 0 Å². The number of thiophene rings is 1. The lowest BCUT2D eigenvalue weighted by atomic mass is 10.3. The van der Waals surface area contributed by atoms with Gasteiger partial charge in [0.15, 0.2) is 0 Å². The third-order valence-electron chi connectivity index (χ3n) is 2.02. The number of halogens is 1. The lowest BCUT2D eigenvalue weighted by Crippen LogP contribution is -2.30. The van der Waals surface area contributed by atoms with Crippen LogP contribution < -0.4 is 0 Å². The molecule has 0 bridgehead atoms. The fourth-order valence-corrected chi connectivity index (χ4v) is 4.32. The molecule has 1 heterocycles. The van der Waals surface area contributed by atoms with E-state index >= 15 is 0 Å². The molecular formula is C10H16BrNO2S2. The van der Waals surface area contributed by atoms with E-state index in [1.54, 1.807) is 18.4 Å². The van der Waals surface area contributed by atoms with Gasteiger partial charge in [-0.25, -0.2) is 8.42 Å². The highest BCUT2D eigenvalue weighted by atomic mass is 79.9. The van der Waals surface area contributed by atoms with Crippen LogP contribution in [0.1, 0.15) is 18.7 Å². The Morgan fingerprint density at radius 1 is 1.50 bits per heavy atom. The van der Waals surface area contributed by atoms with E-state index in [1.165, 1.54) is 4.31 Å². The van der Waals surface area contributed by atoms with E-state index in [2.05, 4.69) is 15.9 Å². The maximum Gasteiger partial charge on any atom is 0.214 e. The van der Waals surface area contributed by atoms with Crippen LogP contribution in [0.15, 0.2) is 15.9 Å². The van der Waals surface area contributed by atoms with E-state index in [0.717, 1.165) is 9.35 Å². The first-order valence-corrected chi connectivity index (χ1v) is 8.26. The average molecular weight is 326 g/mol. The van der Waals surface area contributed by atoms with Crippen LogP contribution in [0.2, 0.25) is 0 Å². The Balaban J connectivity index is 2.68. The Morgan fingerprint density at radius 2 is 2.12 bits per heavy atom. The van der Waals surface area contributed by atoms with Crippen LogP contribution in [0.5, 0.6) is 0 Å². The number of nitrogens with zero attached hydrogens (tertiary/aromatic N) is 1. The number of hydrogen-bond donors (Lipinski definition) is 0. The van der Waals surface area contributed by atoms with Crippen molar-refractivity contribution < 1.29 is 8.42 Å². The third-order valence-corrected chi connectivity index (χ3v) is 5.87. The van der Waals surface area contributed by atoms with Gasteiger partial charge in [-0.2, -0.15) is 4.31 Å². The monoisotopic (exact) mass is 325 g/mol. The first kappa shape index (κ1) is 14.2. The van der Waals surface area contributed by atoms with Crippen LogP contribution in [0.25, 0.3) is 0 Å². The van der Waals surface area contributed by atoms with Gasteiger partial charge in [0, 0.05) is 28.3 Å². The second-order valence-electron chi connectivity index (χ2n) is 4.16. The van der Waals surface area contributed by atoms with Crippen molar-refractivity contribution in [3.05, 3.63) is 20.8 Å². The molecular weight excluding hydrogens is 310 g/mol. The summed E-state index contributed by atoms with van der Waals surface area (Å²) in [6.45, 7) is 4.27. The van der Waals surface area contributed by atoms with Crippen LogP contribution in [0.4, 0.5) is 0 Å². The zero-order chi connectivity index (χ0) is 12.3. The van der Waals surface area contributed by atoms with Gasteiger partial charge in [-0.1, -0.05) is 13.8 Å². The minimum absolute atomic E-state index is 0.155. The van der Waals surface area contributed by atoms with E-state index < -0.39 is 10.0 Å². The summed E-state index contributed by atoms with van der Waals surface area (Å²) < 4.78 is 26.2. The van der Waals surface area contributed by atoms with Gasteiger partial charge in [0.05, 0.1) is 5.75 Å². The summed E-state index contributed by atoms with van der Waals surface area (Å²) in [7, 11) is -1.49. The van der Waals surface area contributed by atoms with Crippen molar-refractivity contribution >= 4 is 37.3 Å². The first-order chi connectivity index (χ1) is 7.31. The molecule has 0 saturated heterocycles. The summed E-state index contributed by atoms with van der Waals surface area (Å²) >= 11 is 4.92. The lowest BCUT2D eigenvalue weighted by molar-refractivity contribution is 0.462. The zero-order valence-corrected chi connectivity index (χ0v) is 12.8. The summed E-state index contributed by atoms with van der Waals surface area (Å²) in [5, 5.41) is 1.96. The molecule has 0 aliphatic carbocycles. The van der Waals surface area contributed by atoms with E-state index in [4.69, 9.17) is 0 Å². The SMILES string of the molecule is CC(C)CS(=O)(=O)N(C)Cc1cc(Br)cs1. The number of rotatable bonds is 5. The Kier molecular flexibility index (Phi) is 4.97. The summed E-state index contributed by atoms with van der Waals surface area (Å²) in [5.41, 5.74) is 0. The van der Waals surface area contributed by atoms with Crippen LogP contribution in [-0.4, -0.2) is 25.5 Å². The Hall–Kier alpha value is 0.0900. The highest BCUT2D eigenvalue weighted by Crippen LogP contribution is 2.21. The van der Waals surface area contributed by atoms with Gasteiger partial charge < -0.3 is 0 Å². The lowest BCUT2D eigenvalue weighted by Gasteiger charge is -2.17. The molecule has 0 fully saturated rings. The summed E-state index contributed by atoms with van der Waals surface area (Å²) in [4.78, 5) is 1.04. The molecule has 0 unspecified atom stereocenters. The van der Waals surface area contributed by atoms with E-state index in [1.807, 2.05) is 25.3 Å². The molecule has 0 spiro atoms. The molecule has 0 radical (unpaired) electrons. The Morgan fingerprint density at radius 3 is 2.56 bits per heavy atom. The van der Waals surface area contributed by atoms with Crippen LogP contribution >= 0.6 is 27.3 Å². The van der Waals surface area contributed by atoms with Crippen molar-refractivity contribution in [3.63, 3.8) is 0 Å². The minimum Gasteiger partial charge on any atom is -0.212 e. The third kappa shape index (κ3) is 4.16. The van der Waals surface area contributed by atoms with Crippen molar-refractivity contribution in [2.24, 2.45) is 5.92 Å². The highest BCUT2D eigenvalue weighted by Gasteiger charge is 2.19. The smallest absolute Gasteiger partial charge is 0.212 e. The molecule has 0 atom stereocenters. The highest BCUT2D eigenvalue weighted by molar-refractivity contribution is 9.10. The van der Waals surface area contributed by atoms with Crippen molar-refractivity contribution in [2.45, 2.75) is 20.4 Å². The molecule has 0 amide bonds. The molecule has 92 valence electrons. The van der Waals surface area contributed by atoms with Crippen molar-refractivity contribution in [1.29, 1.82) is 0 Å². The fraction of sp³-hybridized carbons (Fsp3) is 0.600. The summed E-state index contributed by atoms with van der Waals surface area (Å²) in [6.07, 6.45) is 0. The maximum absolute atomic E-state index is 11.9. The van der Waals surface area contributed by atoms with Crippen molar-refractivity contribution in [2.75, 3.05) is 12.8 Å². The standard InChI is InChI=1S/C10H16BrNO2S2/c1-8(2)7-16(13,14)12(3)5-10-4-9(11)6-15-10/h4,6,8H,5,7H2,1-3H3. The van der Waals surface area contributed by atoms with Crippen LogP contribution in [0, 0.1) is 5.92 Å². The van der Waals surface area contributed by atoms with Gasteiger partial charge in [0.25, 0.3) is 0 Å². The molecule has 3 nitrogen and oxygen atoms in total. The zero-order valence-electron chi connectivity index (χ0n) is 9.60. The topological polar surface area (TPSA) is 37.4 Å². The molecule has 0 aromatic carbocycles. The minimum atomic E-state index is -3.12. The molecule has 0 aliphatic rings. The van der Waals surface area contributed by atoms with Gasteiger partial charge in [-0.15, -0.1) is 11.3 Å². The predicted molar refractivity (Wildman–Crippen MR) is 72.1 cm³/mol. The number of hydrogen-bond acceptors (Lipinski definition) is 3. The molecule has 6 heteroatoms. The molecule has 0 N–H and O–H groups in total. The van der Waals surface area contributed by atoms with Gasteiger partial charge in [0.1, 0.15) is 0 Å². The fourth-order valence-electron chi connectivity index (χ4n) is 1.30. The normalized spacial score (nSPS) is 12.6. The van der Waals surface area contributed by atoms with Crippen molar-refractivity contribution in [3.8, 4) is 0 Å². The molecule has 1 aromatic heterocycles. The van der Waals surface area contributed by atoms with Gasteiger partial charge in [0.2, 0.25) is 10.0 Å². The second kappa shape index (κ2) is 5.62. The quantitative estimate of drug-likeness (QED) is 0.834. The number of sulfonamides is 1. The Labute approximate surface area is 110 Å². The molecule has 0 saturated carbocycles. The molecule has 16 heavy (non-hydrogen) atoms.